The maximum atomic E-state index is 12.9. The molecule has 36 heavy (non-hydrogen) atoms. The number of aliphatic hydroxyl groups excluding tert-OH is 1. The Labute approximate surface area is 209 Å². The lowest BCUT2D eigenvalue weighted by Gasteiger charge is -2.28. The van der Waals surface area contributed by atoms with Crippen molar-refractivity contribution < 1.29 is 9.84 Å². The van der Waals surface area contributed by atoms with Gasteiger partial charge in [0.2, 0.25) is 0 Å². The summed E-state index contributed by atoms with van der Waals surface area (Å²) >= 11 is 0. The molecule has 1 aromatic heterocycles. The average Bonchev–Trinajstić information content (AvgIpc) is 2.87. The molecule has 0 saturated heterocycles. The summed E-state index contributed by atoms with van der Waals surface area (Å²) in [7, 11) is 0. The number of anilines is 2. The molecule has 188 valence electrons. The molecule has 0 aliphatic heterocycles. The number of aromatic nitrogens is 2. The monoisotopic (exact) mass is 488 g/mol. The summed E-state index contributed by atoms with van der Waals surface area (Å²) in [5, 5.41) is 13.0. The van der Waals surface area contributed by atoms with Gasteiger partial charge in [-0.1, -0.05) is 74.0 Å². The Bertz CT molecular complexity index is 1410. The van der Waals surface area contributed by atoms with Crippen LogP contribution in [0.5, 0.6) is 5.75 Å². The quantitative estimate of drug-likeness (QED) is 0.298. The molecule has 4 aromatic rings. The van der Waals surface area contributed by atoms with Crippen molar-refractivity contribution in [1.29, 1.82) is 0 Å². The second-order valence-corrected chi connectivity index (χ2v) is 8.84. The third kappa shape index (κ3) is 5.95. The van der Waals surface area contributed by atoms with Crippen molar-refractivity contribution in [2.75, 3.05) is 23.8 Å². The topological polar surface area (TPSA) is 114 Å². The van der Waals surface area contributed by atoms with Gasteiger partial charge >= 0.3 is 5.69 Å². The lowest BCUT2D eigenvalue weighted by molar-refractivity contribution is 0.112. The van der Waals surface area contributed by atoms with Crippen LogP contribution in [0.2, 0.25) is 0 Å². The van der Waals surface area contributed by atoms with Crippen LogP contribution in [0, 0.1) is 0 Å². The molecule has 4 N–H and O–H groups in total. The SMILES string of the molecule is CCCCn1c(N)c(N(Cc2ccccc2)CC(O)COc2ccc3ccccc3c2)c(=O)[nH]c1=O. The number of benzene rings is 3. The van der Waals surface area contributed by atoms with Crippen molar-refractivity contribution in [3.8, 4) is 5.75 Å². The summed E-state index contributed by atoms with van der Waals surface area (Å²) in [5.41, 5.74) is 6.35. The van der Waals surface area contributed by atoms with Crippen molar-refractivity contribution in [3.63, 3.8) is 0 Å². The normalized spacial score (nSPS) is 11.9. The first-order valence-corrected chi connectivity index (χ1v) is 12.2. The number of H-pyrrole nitrogens is 1. The van der Waals surface area contributed by atoms with E-state index in [-0.39, 0.29) is 24.7 Å². The molecular formula is C28H32N4O4. The number of nitrogens with one attached hydrogen (secondary N) is 1. The van der Waals surface area contributed by atoms with Crippen LogP contribution in [-0.2, 0) is 13.1 Å². The minimum Gasteiger partial charge on any atom is -0.491 e. The molecule has 3 aromatic carbocycles. The molecule has 8 heteroatoms. The van der Waals surface area contributed by atoms with Crippen LogP contribution < -0.4 is 26.6 Å². The number of rotatable bonds is 11. The highest BCUT2D eigenvalue weighted by Crippen LogP contribution is 2.22. The molecule has 0 bridgehead atoms. The van der Waals surface area contributed by atoms with E-state index in [0.717, 1.165) is 29.2 Å². The zero-order valence-corrected chi connectivity index (χ0v) is 20.4. The Balaban J connectivity index is 1.57. The second kappa shape index (κ2) is 11.6. The number of nitrogen functional groups attached to an aromatic ring is 1. The van der Waals surface area contributed by atoms with Gasteiger partial charge < -0.3 is 20.5 Å². The zero-order valence-electron chi connectivity index (χ0n) is 20.4. The van der Waals surface area contributed by atoms with Gasteiger partial charge in [0, 0.05) is 19.6 Å². The van der Waals surface area contributed by atoms with Crippen LogP contribution in [0.1, 0.15) is 25.3 Å². The molecule has 0 aliphatic carbocycles. The first kappa shape index (κ1) is 25.1. The maximum absolute atomic E-state index is 12.9. The van der Waals surface area contributed by atoms with Crippen molar-refractivity contribution in [3.05, 3.63) is 99.2 Å². The molecule has 0 radical (unpaired) electrons. The van der Waals surface area contributed by atoms with Crippen LogP contribution in [0.25, 0.3) is 10.8 Å². The standard InChI is InChI=1S/C28H32N4O4/c1-2-3-15-32-26(29)25(27(34)30-28(32)35)31(17-20-9-5-4-6-10-20)18-23(33)19-36-24-14-13-21-11-7-8-12-22(21)16-24/h4-14,16,23,33H,2-3,15,17-19,29H2,1H3,(H,30,34,35). The fourth-order valence-corrected chi connectivity index (χ4v) is 4.22. The average molecular weight is 489 g/mol. The molecule has 8 nitrogen and oxygen atoms in total. The molecule has 0 spiro atoms. The number of fused-ring (bicyclic) bond motifs is 1. The third-order valence-electron chi connectivity index (χ3n) is 6.08. The van der Waals surface area contributed by atoms with Gasteiger partial charge in [0.1, 0.15) is 30.0 Å². The van der Waals surface area contributed by atoms with Gasteiger partial charge in [0.05, 0.1) is 0 Å². The highest BCUT2D eigenvalue weighted by molar-refractivity contribution is 5.83. The minimum absolute atomic E-state index is 0.0247. The van der Waals surface area contributed by atoms with Gasteiger partial charge in [-0.2, -0.15) is 0 Å². The van der Waals surface area contributed by atoms with E-state index < -0.39 is 17.4 Å². The molecule has 1 unspecified atom stereocenters. The van der Waals surface area contributed by atoms with E-state index in [2.05, 4.69) is 4.98 Å². The maximum Gasteiger partial charge on any atom is 0.330 e. The number of unbranched alkanes of at least 4 members (excludes halogenated alkanes) is 1. The van der Waals surface area contributed by atoms with Crippen molar-refractivity contribution in [2.45, 2.75) is 39.0 Å². The second-order valence-electron chi connectivity index (χ2n) is 8.84. The molecular weight excluding hydrogens is 456 g/mol. The van der Waals surface area contributed by atoms with Gasteiger partial charge in [-0.25, -0.2) is 4.79 Å². The number of nitrogens with zero attached hydrogens (tertiary/aromatic N) is 2. The smallest absolute Gasteiger partial charge is 0.330 e. The third-order valence-corrected chi connectivity index (χ3v) is 6.08. The molecule has 4 rings (SSSR count). The van der Waals surface area contributed by atoms with E-state index in [4.69, 9.17) is 10.5 Å². The molecule has 1 atom stereocenters. The number of aromatic amines is 1. The molecule has 1 heterocycles. The highest BCUT2D eigenvalue weighted by Gasteiger charge is 2.22. The summed E-state index contributed by atoms with van der Waals surface area (Å²) in [5.74, 6) is 0.739. The van der Waals surface area contributed by atoms with E-state index in [0.29, 0.717) is 18.8 Å². The summed E-state index contributed by atoms with van der Waals surface area (Å²) in [6.07, 6.45) is 0.699. The van der Waals surface area contributed by atoms with Crippen molar-refractivity contribution >= 4 is 22.3 Å². The Morgan fingerprint density at radius 1 is 1.03 bits per heavy atom. The van der Waals surface area contributed by atoms with Gasteiger partial charge in [-0.3, -0.25) is 14.3 Å². The van der Waals surface area contributed by atoms with E-state index >= 15 is 0 Å². The highest BCUT2D eigenvalue weighted by atomic mass is 16.5. The van der Waals surface area contributed by atoms with E-state index in [1.807, 2.05) is 79.7 Å². The lowest BCUT2D eigenvalue weighted by atomic mass is 10.1. The first-order chi connectivity index (χ1) is 17.5. The molecule has 0 fully saturated rings. The zero-order chi connectivity index (χ0) is 25.5. The Morgan fingerprint density at radius 2 is 1.75 bits per heavy atom. The summed E-state index contributed by atoms with van der Waals surface area (Å²) in [4.78, 5) is 29.4. The van der Waals surface area contributed by atoms with Crippen molar-refractivity contribution in [2.24, 2.45) is 0 Å². The van der Waals surface area contributed by atoms with Crippen LogP contribution in [-0.4, -0.2) is 33.9 Å². The predicted molar refractivity (Wildman–Crippen MR) is 144 cm³/mol. The molecule has 0 aliphatic rings. The van der Waals surface area contributed by atoms with Crippen LogP contribution in [0.4, 0.5) is 11.5 Å². The molecule has 0 amide bonds. The van der Waals surface area contributed by atoms with E-state index in [1.54, 1.807) is 4.90 Å². The number of hydrogen-bond donors (Lipinski definition) is 3. The van der Waals surface area contributed by atoms with Gasteiger partial charge in [0.15, 0.2) is 0 Å². The van der Waals surface area contributed by atoms with E-state index in [9.17, 15) is 14.7 Å². The van der Waals surface area contributed by atoms with Crippen LogP contribution in [0.15, 0.2) is 82.4 Å². The fourth-order valence-electron chi connectivity index (χ4n) is 4.22. The van der Waals surface area contributed by atoms with Crippen LogP contribution in [0.3, 0.4) is 0 Å². The predicted octanol–water partition coefficient (Wildman–Crippen LogP) is 3.52. The Kier molecular flexibility index (Phi) is 8.07. The summed E-state index contributed by atoms with van der Waals surface area (Å²) in [6, 6.07) is 23.3. The van der Waals surface area contributed by atoms with Crippen LogP contribution >= 0.6 is 0 Å². The Hall–Kier alpha value is -4.04. The number of aliphatic hydroxyl groups is 1. The minimum atomic E-state index is -0.921. The van der Waals surface area contributed by atoms with Crippen molar-refractivity contribution in [1.82, 2.24) is 9.55 Å². The number of nitrogens with two attached hydrogens (primary N) is 1. The Morgan fingerprint density at radius 3 is 2.50 bits per heavy atom. The summed E-state index contributed by atoms with van der Waals surface area (Å²) in [6.45, 7) is 2.85. The first-order valence-electron chi connectivity index (χ1n) is 12.2. The lowest BCUT2D eigenvalue weighted by Crippen LogP contribution is -2.42. The van der Waals surface area contributed by atoms with Gasteiger partial charge in [-0.05, 0) is 34.9 Å². The largest absolute Gasteiger partial charge is 0.491 e. The van der Waals surface area contributed by atoms with Gasteiger partial charge in [0.25, 0.3) is 5.56 Å². The fraction of sp³-hybridized carbons (Fsp3) is 0.286. The number of ether oxygens (including phenoxy) is 1. The number of hydrogen-bond acceptors (Lipinski definition) is 6. The molecule has 0 saturated carbocycles. The van der Waals surface area contributed by atoms with E-state index in [1.165, 1.54) is 4.57 Å². The van der Waals surface area contributed by atoms with Gasteiger partial charge in [-0.15, -0.1) is 0 Å². The summed E-state index contributed by atoms with van der Waals surface area (Å²) < 4.78 is 7.26.